The molecular weight excluding hydrogens is 271 g/mol. The number of hydrogen-bond acceptors (Lipinski definition) is 3. The molecule has 0 bridgehead atoms. The molecule has 0 unspecified atom stereocenters. The molecule has 0 saturated carbocycles. The van der Waals surface area contributed by atoms with E-state index >= 15 is 0 Å². The van der Waals surface area contributed by atoms with E-state index in [1.807, 2.05) is 6.92 Å². The average Bonchev–Trinajstić information content (AvgIpc) is 2.45. The summed E-state index contributed by atoms with van der Waals surface area (Å²) < 4.78 is 18.5. The normalized spacial score (nSPS) is 10.2. The molecule has 0 radical (unpaired) electrons. The number of nitrogens with two attached hydrogens (primary N) is 1. The Labute approximate surface area is 122 Å². The van der Waals surface area contributed by atoms with Crippen molar-refractivity contribution in [2.24, 2.45) is 0 Å². The number of anilines is 1. The molecule has 0 saturated heterocycles. The third kappa shape index (κ3) is 3.72. The van der Waals surface area contributed by atoms with Crippen molar-refractivity contribution in [3.8, 4) is 5.75 Å². The van der Waals surface area contributed by atoms with Gasteiger partial charge in [0, 0.05) is 12.2 Å². The molecule has 4 nitrogen and oxygen atoms in total. The third-order valence-corrected chi connectivity index (χ3v) is 2.93. The molecule has 0 aromatic heterocycles. The van der Waals surface area contributed by atoms with Crippen molar-refractivity contribution in [2.45, 2.75) is 13.5 Å². The van der Waals surface area contributed by atoms with Gasteiger partial charge in [0.05, 0.1) is 6.61 Å². The summed E-state index contributed by atoms with van der Waals surface area (Å²) in [6.07, 6.45) is 0. The van der Waals surface area contributed by atoms with Crippen LogP contribution in [0.25, 0.3) is 0 Å². The van der Waals surface area contributed by atoms with Crippen molar-refractivity contribution in [1.82, 2.24) is 5.32 Å². The molecule has 0 atom stereocenters. The van der Waals surface area contributed by atoms with Crippen molar-refractivity contribution in [3.63, 3.8) is 0 Å². The predicted molar refractivity (Wildman–Crippen MR) is 79.6 cm³/mol. The van der Waals surface area contributed by atoms with Crippen LogP contribution in [-0.4, -0.2) is 12.5 Å². The Morgan fingerprint density at radius 1 is 1.29 bits per heavy atom. The quantitative estimate of drug-likeness (QED) is 0.831. The summed E-state index contributed by atoms with van der Waals surface area (Å²) in [4.78, 5) is 12.3. The zero-order chi connectivity index (χ0) is 15.2. The van der Waals surface area contributed by atoms with Crippen molar-refractivity contribution in [2.75, 3.05) is 12.3 Å². The largest absolute Gasteiger partial charge is 0.493 e. The van der Waals surface area contributed by atoms with Gasteiger partial charge in [0.1, 0.15) is 17.1 Å². The fourth-order valence-corrected chi connectivity index (χ4v) is 1.98. The van der Waals surface area contributed by atoms with E-state index in [4.69, 9.17) is 10.5 Å². The van der Waals surface area contributed by atoms with Gasteiger partial charge in [0.2, 0.25) is 0 Å². The molecule has 3 N–H and O–H groups in total. The monoisotopic (exact) mass is 288 g/mol. The second kappa shape index (κ2) is 6.74. The molecule has 2 aromatic carbocycles. The molecule has 21 heavy (non-hydrogen) atoms. The minimum Gasteiger partial charge on any atom is -0.493 e. The lowest BCUT2D eigenvalue weighted by Gasteiger charge is -2.12. The second-order valence-electron chi connectivity index (χ2n) is 4.47. The molecule has 5 heteroatoms. The molecule has 2 rings (SSSR count). The molecule has 0 aliphatic rings. The maximum atomic E-state index is 13.1. The van der Waals surface area contributed by atoms with Gasteiger partial charge in [-0.25, -0.2) is 4.39 Å². The van der Waals surface area contributed by atoms with Crippen LogP contribution in [0.3, 0.4) is 0 Å². The summed E-state index contributed by atoms with van der Waals surface area (Å²) in [7, 11) is 0. The fourth-order valence-electron chi connectivity index (χ4n) is 1.98. The first-order valence-electron chi connectivity index (χ1n) is 6.65. The minimum atomic E-state index is -0.346. The lowest BCUT2D eigenvalue weighted by Crippen LogP contribution is -2.24. The Hall–Kier alpha value is -2.56. The Balaban J connectivity index is 2.13. The summed E-state index contributed by atoms with van der Waals surface area (Å²) in [6.45, 7) is 2.49. The summed E-state index contributed by atoms with van der Waals surface area (Å²) in [5, 5.41) is 2.72. The lowest BCUT2D eigenvalue weighted by molar-refractivity contribution is 0.0948. The number of benzene rings is 2. The lowest BCUT2D eigenvalue weighted by atomic mass is 10.1. The number of hydrogen-bond donors (Lipinski definition) is 2. The number of rotatable bonds is 5. The maximum absolute atomic E-state index is 13.1. The number of carbonyl (C=O) groups excluding carboxylic acids is 1. The predicted octanol–water partition coefficient (Wildman–Crippen LogP) is 2.74. The van der Waals surface area contributed by atoms with Crippen LogP contribution in [0, 0.1) is 5.82 Å². The van der Waals surface area contributed by atoms with Gasteiger partial charge in [-0.3, -0.25) is 4.79 Å². The van der Waals surface area contributed by atoms with E-state index in [1.54, 1.807) is 30.3 Å². The van der Waals surface area contributed by atoms with Crippen LogP contribution in [0.5, 0.6) is 5.75 Å². The fraction of sp³-hybridized carbons (Fsp3) is 0.188. The average molecular weight is 288 g/mol. The van der Waals surface area contributed by atoms with E-state index in [0.717, 1.165) is 0 Å². The van der Waals surface area contributed by atoms with E-state index < -0.39 is 0 Å². The zero-order valence-electron chi connectivity index (χ0n) is 11.7. The number of ether oxygens (including phenoxy) is 1. The highest BCUT2D eigenvalue weighted by Gasteiger charge is 2.15. The van der Waals surface area contributed by atoms with Gasteiger partial charge in [-0.2, -0.15) is 0 Å². The van der Waals surface area contributed by atoms with Crippen LogP contribution >= 0.6 is 0 Å². The van der Waals surface area contributed by atoms with Crippen molar-refractivity contribution in [3.05, 3.63) is 59.4 Å². The van der Waals surface area contributed by atoms with Crippen LogP contribution in [0.2, 0.25) is 0 Å². The van der Waals surface area contributed by atoms with Crippen LogP contribution < -0.4 is 15.8 Å². The molecule has 0 aliphatic heterocycles. The second-order valence-corrected chi connectivity index (χ2v) is 4.47. The van der Waals surface area contributed by atoms with E-state index in [2.05, 4.69) is 5.32 Å². The van der Waals surface area contributed by atoms with Gasteiger partial charge in [-0.1, -0.05) is 18.2 Å². The van der Waals surface area contributed by atoms with Gasteiger partial charge < -0.3 is 15.8 Å². The highest BCUT2D eigenvalue weighted by atomic mass is 19.1. The number of carbonyl (C=O) groups is 1. The van der Waals surface area contributed by atoms with Crippen molar-refractivity contribution < 1.29 is 13.9 Å². The standard InChI is InChI=1S/C16H17FN2O2/c1-2-21-14-8-4-7-13(18)15(14)16(20)19-10-11-5-3-6-12(17)9-11/h3-9H,2,10,18H2,1H3,(H,19,20). The Morgan fingerprint density at radius 2 is 2.05 bits per heavy atom. The van der Waals surface area contributed by atoms with E-state index in [9.17, 15) is 9.18 Å². The van der Waals surface area contributed by atoms with Gasteiger partial charge >= 0.3 is 0 Å². The van der Waals surface area contributed by atoms with E-state index in [0.29, 0.717) is 29.2 Å². The SMILES string of the molecule is CCOc1cccc(N)c1C(=O)NCc1cccc(F)c1. The number of amides is 1. The Kier molecular flexibility index (Phi) is 4.77. The first-order chi connectivity index (χ1) is 10.1. The van der Waals surface area contributed by atoms with E-state index in [-0.39, 0.29) is 18.3 Å². The van der Waals surface area contributed by atoms with Gasteiger partial charge in [0.25, 0.3) is 5.91 Å². The van der Waals surface area contributed by atoms with Crippen molar-refractivity contribution in [1.29, 1.82) is 0 Å². The van der Waals surface area contributed by atoms with Crippen molar-refractivity contribution >= 4 is 11.6 Å². The summed E-state index contributed by atoms with van der Waals surface area (Å²) in [5.41, 5.74) is 7.17. The van der Waals surface area contributed by atoms with Crippen LogP contribution in [0.4, 0.5) is 10.1 Å². The third-order valence-electron chi connectivity index (χ3n) is 2.93. The van der Waals surface area contributed by atoms with Gasteiger partial charge in [0.15, 0.2) is 0 Å². The highest BCUT2D eigenvalue weighted by Crippen LogP contribution is 2.24. The molecule has 1 amide bonds. The van der Waals surface area contributed by atoms with Crippen LogP contribution in [-0.2, 0) is 6.54 Å². The molecule has 0 aliphatic carbocycles. The molecule has 0 heterocycles. The molecule has 110 valence electrons. The number of nitrogen functional groups attached to an aromatic ring is 1. The Morgan fingerprint density at radius 3 is 2.76 bits per heavy atom. The highest BCUT2D eigenvalue weighted by molar-refractivity contribution is 6.01. The minimum absolute atomic E-state index is 0.219. The molecule has 2 aromatic rings. The van der Waals surface area contributed by atoms with Gasteiger partial charge in [-0.15, -0.1) is 0 Å². The topological polar surface area (TPSA) is 64.3 Å². The maximum Gasteiger partial charge on any atom is 0.257 e. The van der Waals surface area contributed by atoms with Crippen LogP contribution in [0.15, 0.2) is 42.5 Å². The van der Waals surface area contributed by atoms with Crippen LogP contribution in [0.1, 0.15) is 22.8 Å². The summed E-state index contributed by atoms with van der Waals surface area (Å²) >= 11 is 0. The molecule has 0 spiro atoms. The Bertz CT molecular complexity index is 644. The first-order valence-corrected chi connectivity index (χ1v) is 6.65. The first kappa shape index (κ1) is 14.8. The summed E-state index contributed by atoms with van der Waals surface area (Å²) in [6, 6.07) is 11.1. The molecule has 0 fully saturated rings. The van der Waals surface area contributed by atoms with Gasteiger partial charge in [-0.05, 0) is 36.8 Å². The smallest absolute Gasteiger partial charge is 0.257 e. The van der Waals surface area contributed by atoms with E-state index in [1.165, 1.54) is 12.1 Å². The number of nitrogens with one attached hydrogen (secondary N) is 1. The zero-order valence-corrected chi connectivity index (χ0v) is 11.7. The number of halogens is 1. The molecular formula is C16H17FN2O2. The summed E-state index contributed by atoms with van der Waals surface area (Å²) in [5.74, 6) is -0.244.